The first-order chi connectivity index (χ1) is 13.8. The van der Waals surface area contributed by atoms with Crippen LogP contribution in [0, 0.1) is 5.82 Å². The van der Waals surface area contributed by atoms with E-state index in [2.05, 4.69) is 25.3 Å². The van der Waals surface area contributed by atoms with Crippen LogP contribution in [0.4, 0.5) is 17.6 Å². The zero-order valence-electron chi connectivity index (χ0n) is 16.3. The molecular formula is C20H23F4IN4O. The summed E-state index contributed by atoms with van der Waals surface area (Å²) in [7, 11) is 1.64. The third-order valence-electron chi connectivity index (χ3n) is 4.75. The van der Waals surface area contributed by atoms with Crippen molar-refractivity contribution >= 4 is 29.9 Å². The van der Waals surface area contributed by atoms with Gasteiger partial charge in [0.25, 0.3) is 0 Å². The maximum atomic E-state index is 13.5. The van der Waals surface area contributed by atoms with Crippen molar-refractivity contribution in [1.82, 2.24) is 15.6 Å². The number of guanidine groups is 1. The molecule has 3 rings (SSSR count). The molecule has 30 heavy (non-hydrogen) atoms. The van der Waals surface area contributed by atoms with E-state index in [0.717, 1.165) is 24.0 Å². The van der Waals surface area contributed by atoms with Crippen LogP contribution in [0.5, 0.6) is 5.88 Å². The van der Waals surface area contributed by atoms with E-state index in [1.165, 1.54) is 18.3 Å². The molecule has 0 spiro atoms. The van der Waals surface area contributed by atoms with E-state index in [0.29, 0.717) is 19.0 Å². The van der Waals surface area contributed by atoms with Gasteiger partial charge in [-0.1, -0.05) is 18.2 Å². The summed E-state index contributed by atoms with van der Waals surface area (Å²) in [6.45, 7) is -0.362. The van der Waals surface area contributed by atoms with Crippen LogP contribution in [0.3, 0.4) is 0 Å². The summed E-state index contributed by atoms with van der Waals surface area (Å²) in [5.74, 6) is 0.246. The number of aliphatic imine (C=N–C) groups is 1. The molecule has 0 saturated heterocycles. The molecule has 1 aromatic carbocycles. The van der Waals surface area contributed by atoms with Gasteiger partial charge in [0.1, 0.15) is 5.82 Å². The second-order valence-electron chi connectivity index (χ2n) is 6.98. The van der Waals surface area contributed by atoms with Gasteiger partial charge in [0.2, 0.25) is 5.88 Å². The number of hydrogen-bond acceptors (Lipinski definition) is 3. The van der Waals surface area contributed by atoms with Gasteiger partial charge in [0.15, 0.2) is 12.6 Å². The third-order valence-corrected chi connectivity index (χ3v) is 4.75. The van der Waals surface area contributed by atoms with E-state index in [1.54, 1.807) is 25.2 Å². The van der Waals surface area contributed by atoms with Crippen molar-refractivity contribution < 1.29 is 22.3 Å². The molecule has 0 bridgehead atoms. The van der Waals surface area contributed by atoms with E-state index in [1.807, 2.05) is 6.07 Å². The highest BCUT2D eigenvalue weighted by Gasteiger charge is 2.44. The Morgan fingerprint density at radius 2 is 1.97 bits per heavy atom. The Labute approximate surface area is 189 Å². The Morgan fingerprint density at radius 3 is 2.53 bits per heavy atom. The van der Waals surface area contributed by atoms with Crippen LogP contribution in [-0.4, -0.2) is 37.3 Å². The molecular weight excluding hydrogens is 515 g/mol. The van der Waals surface area contributed by atoms with E-state index in [9.17, 15) is 17.6 Å². The standard InChI is InChI=1S/C20H22F4N4O.HI/c1-25-18(28-12-19(7-8-19)15-3-2-4-16(21)9-15)27-11-14-5-6-17(26-10-14)29-13-20(22,23)24;/h2-6,9-10H,7-8,11-13H2,1H3,(H2,25,27,28);1H. The lowest BCUT2D eigenvalue weighted by molar-refractivity contribution is -0.154. The van der Waals surface area contributed by atoms with Crippen molar-refractivity contribution in [2.24, 2.45) is 4.99 Å². The Morgan fingerprint density at radius 1 is 1.20 bits per heavy atom. The Kier molecular flexibility index (Phi) is 8.27. The molecule has 0 radical (unpaired) electrons. The normalized spacial score (nSPS) is 15.2. The van der Waals surface area contributed by atoms with Crippen LogP contribution in [-0.2, 0) is 12.0 Å². The molecule has 1 heterocycles. The summed E-state index contributed by atoms with van der Waals surface area (Å²) < 4.78 is 54.6. The molecule has 5 nitrogen and oxygen atoms in total. The smallest absolute Gasteiger partial charge is 0.422 e. The van der Waals surface area contributed by atoms with Crippen LogP contribution in [0.2, 0.25) is 0 Å². The zero-order chi connectivity index (χ0) is 20.9. The second-order valence-corrected chi connectivity index (χ2v) is 6.98. The van der Waals surface area contributed by atoms with Crippen LogP contribution in [0.15, 0.2) is 47.6 Å². The van der Waals surface area contributed by atoms with Crippen molar-refractivity contribution in [2.45, 2.75) is 31.0 Å². The molecule has 164 valence electrons. The van der Waals surface area contributed by atoms with Gasteiger partial charge in [0.05, 0.1) is 0 Å². The SMILES string of the molecule is CN=C(NCc1ccc(OCC(F)(F)F)nc1)NCC1(c2cccc(F)c2)CC1.I. The molecule has 0 amide bonds. The van der Waals surface area contributed by atoms with Gasteiger partial charge in [-0.15, -0.1) is 24.0 Å². The van der Waals surface area contributed by atoms with Gasteiger partial charge in [0, 0.05) is 37.8 Å². The Bertz CT molecular complexity index is 855. The van der Waals surface area contributed by atoms with Crippen LogP contribution >= 0.6 is 24.0 Å². The fraction of sp³-hybridized carbons (Fsp3) is 0.400. The van der Waals surface area contributed by atoms with E-state index in [-0.39, 0.29) is 41.1 Å². The fourth-order valence-corrected chi connectivity index (χ4v) is 2.95. The third kappa shape index (κ3) is 6.99. The minimum atomic E-state index is -4.40. The number of nitrogens with one attached hydrogen (secondary N) is 2. The summed E-state index contributed by atoms with van der Waals surface area (Å²) >= 11 is 0. The van der Waals surface area contributed by atoms with Gasteiger partial charge < -0.3 is 15.4 Å². The number of alkyl halides is 3. The van der Waals surface area contributed by atoms with Gasteiger partial charge in [-0.25, -0.2) is 9.37 Å². The van der Waals surface area contributed by atoms with E-state index >= 15 is 0 Å². The fourth-order valence-electron chi connectivity index (χ4n) is 2.95. The second kappa shape index (κ2) is 10.3. The van der Waals surface area contributed by atoms with Gasteiger partial charge >= 0.3 is 6.18 Å². The number of hydrogen-bond donors (Lipinski definition) is 2. The number of rotatable bonds is 7. The number of nitrogens with zero attached hydrogens (tertiary/aromatic N) is 2. The highest BCUT2D eigenvalue weighted by atomic mass is 127. The average molecular weight is 538 g/mol. The largest absolute Gasteiger partial charge is 0.468 e. The lowest BCUT2D eigenvalue weighted by Crippen LogP contribution is -2.40. The van der Waals surface area contributed by atoms with Crippen molar-refractivity contribution in [1.29, 1.82) is 0 Å². The molecule has 0 atom stereocenters. The molecule has 10 heteroatoms. The summed E-state index contributed by atoms with van der Waals surface area (Å²) in [4.78, 5) is 8.04. The lowest BCUT2D eigenvalue weighted by atomic mass is 9.96. The van der Waals surface area contributed by atoms with Crippen molar-refractivity contribution in [3.05, 3.63) is 59.5 Å². The first kappa shape index (κ1) is 24.2. The van der Waals surface area contributed by atoms with Crippen LogP contribution in [0.25, 0.3) is 0 Å². The highest BCUT2D eigenvalue weighted by Crippen LogP contribution is 2.47. The predicted molar refractivity (Wildman–Crippen MR) is 117 cm³/mol. The minimum absolute atomic E-state index is 0. The first-order valence-corrected chi connectivity index (χ1v) is 9.15. The van der Waals surface area contributed by atoms with Crippen molar-refractivity contribution in [3.8, 4) is 5.88 Å². The lowest BCUT2D eigenvalue weighted by Gasteiger charge is -2.19. The van der Waals surface area contributed by atoms with Crippen LogP contribution in [0.1, 0.15) is 24.0 Å². The Balaban J connectivity index is 0.00000320. The number of benzene rings is 1. The molecule has 2 N–H and O–H groups in total. The minimum Gasteiger partial charge on any atom is -0.468 e. The number of ether oxygens (including phenoxy) is 1. The molecule has 1 aliphatic carbocycles. The summed E-state index contributed by atoms with van der Waals surface area (Å²) in [6.07, 6.45) is -1.00. The van der Waals surface area contributed by atoms with Gasteiger partial charge in [-0.3, -0.25) is 4.99 Å². The maximum Gasteiger partial charge on any atom is 0.422 e. The summed E-state index contributed by atoms with van der Waals surface area (Å²) in [5.41, 5.74) is 1.65. The number of aromatic nitrogens is 1. The topological polar surface area (TPSA) is 58.5 Å². The number of pyridine rings is 1. The van der Waals surface area contributed by atoms with Crippen molar-refractivity contribution in [2.75, 3.05) is 20.2 Å². The predicted octanol–water partition coefficient (Wildman–Crippen LogP) is 4.18. The molecule has 1 aromatic heterocycles. The molecule has 1 saturated carbocycles. The van der Waals surface area contributed by atoms with Gasteiger partial charge in [-0.2, -0.15) is 13.2 Å². The molecule has 0 unspecified atom stereocenters. The maximum absolute atomic E-state index is 13.5. The quantitative estimate of drug-likeness (QED) is 0.241. The molecule has 2 aromatic rings. The highest BCUT2D eigenvalue weighted by molar-refractivity contribution is 14.0. The summed E-state index contributed by atoms with van der Waals surface area (Å²) in [5, 5.41) is 6.38. The zero-order valence-corrected chi connectivity index (χ0v) is 18.6. The Hall–Kier alpha value is -2.11. The van der Waals surface area contributed by atoms with E-state index in [4.69, 9.17) is 0 Å². The molecule has 0 aliphatic heterocycles. The van der Waals surface area contributed by atoms with Crippen LogP contribution < -0.4 is 15.4 Å². The molecule has 1 aliphatic rings. The average Bonchev–Trinajstić information content (AvgIpc) is 3.48. The first-order valence-electron chi connectivity index (χ1n) is 9.15. The molecule has 1 fully saturated rings. The van der Waals surface area contributed by atoms with E-state index < -0.39 is 12.8 Å². The number of halogens is 5. The van der Waals surface area contributed by atoms with Gasteiger partial charge in [-0.05, 0) is 36.1 Å². The monoisotopic (exact) mass is 538 g/mol. The summed E-state index contributed by atoms with van der Waals surface area (Å²) in [6, 6.07) is 9.67. The van der Waals surface area contributed by atoms with Crippen molar-refractivity contribution in [3.63, 3.8) is 0 Å².